The first-order valence-corrected chi connectivity index (χ1v) is 2.08. The number of primary amides is 1. The van der Waals surface area contributed by atoms with E-state index >= 15 is 0 Å². The molecule has 0 aliphatic heterocycles. The molecule has 0 saturated heterocycles. The average Bonchev–Trinajstić information content (AvgIpc) is 1.88. The molecule has 5 heteroatoms. The Balaban J connectivity index is 0. The molecule has 2 amide bonds. The summed E-state index contributed by atoms with van der Waals surface area (Å²) in [7, 11) is 1.47. The zero-order valence-electron chi connectivity index (χ0n) is 5.22. The maximum absolute atomic E-state index is 9.79. The quantitative estimate of drug-likeness (QED) is 0.479. The number of hydrogen-bond donors (Lipinski definition) is 2. The standard InChI is InChI=1S/C3H8N2O2.CH2O/c1-7-2-5-3(4)6;1-2/h2H2,1H3,(H3,4,5,6);1H2. The Hall–Kier alpha value is -1.10. The monoisotopic (exact) mass is 134 g/mol. The van der Waals surface area contributed by atoms with E-state index in [-0.39, 0.29) is 6.73 Å². The summed E-state index contributed by atoms with van der Waals surface area (Å²) < 4.78 is 4.44. The largest absolute Gasteiger partial charge is 0.364 e. The molecule has 3 N–H and O–H groups in total. The van der Waals surface area contributed by atoms with E-state index in [2.05, 4.69) is 15.8 Å². The van der Waals surface area contributed by atoms with Gasteiger partial charge in [0, 0.05) is 7.11 Å². The van der Waals surface area contributed by atoms with Crippen LogP contribution < -0.4 is 11.1 Å². The zero-order valence-corrected chi connectivity index (χ0v) is 5.22. The van der Waals surface area contributed by atoms with E-state index in [0.29, 0.717) is 0 Å². The summed E-state index contributed by atoms with van der Waals surface area (Å²) in [5.74, 6) is 0. The van der Waals surface area contributed by atoms with E-state index in [1.807, 2.05) is 6.79 Å². The van der Waals surface area contributed by atoms with Crippen molar-refractivity contribution >= 4 is 12.8 Å². The molecule has 0 unspecified atom stereocenters. The molecule has 0 heterocycles. The topological polar surface area (TPSA) is 81.4 Å². The summed E-state index contributed by atoms with van der Waals surface area (Å²) in [5, 5.41) is 2.21. The van der Waals surface area contributed by atoms with Crippen molar-refractivity contribution in [2.45, 2.75) is 0 Å². The second kappa shape index (κ2) is 10.0. The molecule has 0 saturated carbocycles. The summed E-state index contributed by atoms with van der Waals surface area (Å²) in [6.45, 7) is 2.18. The van der Waals surface area contributed by atoms with Gasteiger partial charge >= 0.3 is 6.03 Å². The van der Waals surface area contributed by atoms with Crippen LogP contribution in [-0.4, -0.2) is 26.7 Å². The lowest BCUT2D eigenvalue weighted by Crippen LogP contribution is -2.30. The Kier molecular flexibility index (Phi) is 12.0. The summed E-state index contributed by atoms with van der Waals surface area (Å²) >= 11 is 0. The van der Waals surface area contributed by atoms with E-state index in [0.717, 1.165) is 0 Å². The molecule has 0 atom stereocenters. The first-order chi connectivity index (χ1) is 4.27. The van der Waals surface area contributed by atoms with Crippen molar-refractivity contribution in [2.75, 3.05) is 13.8 Å². The normalized spacial score (nSPS) is 6.78. The highest BCUT2D eigenvalue weighted by atomic mass is 16.5. The van der Waals surface area contributed by atoms with E-state index < -0.39 is 6.03 Å². The predicted molar refractivity (Wildman–Crippen MR) is 31.7 cm³/mol. The summed E-state index contributed by atoms with van der Waals surface area (Å²) in [6, 6.07) is -0.568. The third-order valence-corrected chi connectivity index (χ3v) is 0.391. The highest BCUT2D eigenvalue weighted by Crippen LogP contribution is 1.56. The molecule has 0 aliphatic rings. The van der Waals surface area contributed by atoms with Crippen molar-refractivity contribution in [3.63, 3.8) is 0 Å². The molecule has 0 rings (SSSR count). The first kappa shape index (κ1) is 10.8. The highest BCUT2D eigenvalue weighted by molar-refractivity contribution is 5.71. The number of nitrogens with two attached hydrogens (primary N) is 1. The van der Waals surface area contributed by atoms with Gasteiger partial charge in [-0.25, -0.2) is 4.79 Å². The SMILES string of the molecule is C=O.COCNC(N)=O. The number of ether oxygens (including phenoxy) is 1. The Labute approximate surface area is 53.2 Å². The predicted octanol–water partition coefficient (Wildman–Crippen LogP) is -0.926. The number of urea groups is 1. The van der Waals surface area contributed by atoms with Crippen LogP contribution in [0.25, 0.3) is 0 Å². The van der Waals surface area contributed by atoms with E-state index in [1.165, 1.54) is 7.11 Å². The van der Waals surface area contributed by atoms with Crippen LogP contribution in [0.3, 0.4) is 0 Å². The summed E-state index contributed by atoms with van der Waals surface area (Å²) in [6.07, 6.45) is 0. The lowest BCUT2D eigenvalue weighted by atomic mass is 11.0. The Morgan fingerprint density at radius 2 is 2.22 bits per heavy atom. The van der Waals surface area contributed by atoms with Crippen molar-refractivity contribution in [3.05, 3.63) is 0 Å². The van der Waals surface area contributed by atoms with Crippen LogP contribution in [0.5, 0.6) is 0 Å². The Bertz CT molecular complexity index is 76.2. The number of rotatable bonds is 2. The van der Waals surface area contributed by atoms with E-state index in [4.69, 9.17) is 4.79 Å². The third-order valence-electron chi connectivity index (χ3n) is 0.391. The smallest absolute Gasteiger partial charge is 0.313 e. The molecule has 0 bridgehead atoms. The van der Waals surface area contributed by atoms with Crippen LogP contribution in [0, 0.1) is 0 Å². The van der Waals surface area contributed by atoms with Gasteiger partial charge in [-0.3, -0.25) is 0 Å². The van der Waals surface area contributed by atoms with Gasteiger partial charge in [0.25, 0.3) is 0 Å². The molecule has 0 aromatic heterocycles. The first-order valence-electron chi connectivity index (χ1n) is 2.08. The lowest BCUT2D eigenvalue weighted by molar-refractivity contribution is -0.0979. The number of hydrogen-bond acceptors (Lipinski definition) is 3. The Morgan fingerprint density at radius 3 is 2.33 bits per heavy atom. The molecule has 0 aliphatic carbocycles. The molecular formula is C4H10N2O3. The number of methoxy groups -OCH3 is 1. The van der Waals surface area contributed by atoms with Gasteiger partial charge in [0.2, 0.25) is 0 Å². The lowest BCUT2D eigenvalue weighted by Gasteiger charge is -1.94. The minimum absolute atomic E-state index is 0.176. The van der Waals surface area contributed by atoms with Crippen LogP contribution in [0.2, 0.25) is 0 Å². The Morgan fingerprint density at radius 1 is 1.78 bits per heavy atom. The van der Waals surface area contributed by atoms with Gasteiger partial charge < -0.3 is 20.6 Å². The van der Waals surface area contributed by atoms with Crippen LogP contribution in [0.4, 0.5) is 4.79 Å². The molecule has 0 aromatic rings. The van der Waals surface area contributed by atoms with E-state index in [9.17, 15) is 4.79 Å². The minimum Gasteiger partial charge on any atom is -0.364 e. The zero-order chi connectivity index (χ0) is 7.70. The fraction of sp³-hybridized carbons (Fsp3) is 0.500. The fourth-order valence-electron chi connectivity index (χ4n) is 0.143. The second-order valence-corrected chi connectivity index (χ2v) is 0.974. The maximum Gasteiger partial charge on any atom is 0.313 e. The molecular weight excluding hydrogens is 124 g/mol. The van der Waals surface area contributed by atoms with Crippen molar-refractivity contribution in [1.82, 2.24) is 5.32 Å². The number of carbonyl (C=O) groups is 2. The number of carbonyl (C=O) groups excluding carboxylic acids is 2. The third kappa shape index (κ3) is 19.7. The van der Waals surface area contributed by atoms with Gasteiger partial charge in [0.15, 0.2) is 0 Å². The van der Waals surface area contributed by atoms with Gasteiger partial charge in [-0.05, 0) is 0 Å². The molecule has 54 valence electrons. The summed E-state index contributed by atoms with van der Waals surface area (Å²) in [5.41, 5.74) is 4.65. The minimum atomic E-state index is -0.568. The van der Waals surface area contributed by atoms with Gasteiger partial charge in [0.05, 0.1) is 0 Å². The summed E-state index contributed by atoms with van der Waals surface area (Å²) in [4.78, 5) is 17.8. The van der Waals surface area contributed by atoms with Gasteiger partial charge in [-0.2, -0.15) is 0 Å². The molecule has 9 heavy (non-hydrogen) atoms. The van der Waals surface area contributed by atoms with Crippen LogP contribution in [-0.2, 0) is 9.53 Å². The van der Waals surface area contributed by atoms with Crippen molar-refractivity contribution in [3.8, 4) is 0 Å². The second-order valence-electron chi connectivity index (χ2n) is 0.974. The average molecular weight is 134 g/mol. The highest BCUT2D eigenvalue weighted by Gasteiger charge is 1.83. The number of amides is 2. The molecule has 0 fully saturated rings. The van der Waals surface area contributed by atoms with Crippen molar-refractivity contribution in [1.29, 1.82) is 0 Å². The van der Waals surface area contributed by atoms with Crippen molar-refractivity contribution < 1.29 is 14.3 Å². The van der Waals surface area contributed by atoms with Gasteiger partial charge in [-0.15, -0.1) is 0 Å². The van der Waals surface area contributed by atoms with E-state index in [1.54, 1.807) is 0 Å². The molecule has 0 aromatic carbocycles. The molecule has 0 radical (unpaired) electrons. The van der Waals surface area contributed by atoms with Crippen LogP contribution in [0.15, 0.2) is 0 Å². The van der Waals surface area contributed by atoms with Gasteiger partial charge in [0.1, 0.15) is 13.5 Å². The van der Waals surface area contributed by atoms with Crippen molar-refractivity contribution in [2.24, 2.45) is 5.73 Å². The molecule has 5 nitrogen and oxygen atoms in total. The number of nitrogens with one attached hydrogen (secondary N) is 1. The van der Waals surface area contributed by atoms with Crippen LogP contribution >= 0.6 is 0 Å². The maximum atomic E-state index is 9.79. The molecule has 0 spiro atoms. The van der Waals surface area contributed by atoms with Gasteiger partial charge in [-0.1, -0.05) is 0 Å². The fourth-order valence-corrected chi connectivity index (χ4v) is 0.143. The van der Waals surface area contributed by atoms with Crippen LogP contribution in [0.1, 0.15) is 0 Å².